The van der Waals surface area contributed by atoms with Gasteiger partial charge in [0.05, 0.1) is 34.5 Å². The van der Waals surface area contributed by atoms with Gasteiger partial charge in [0.2, 0.25) is 5.91 Å². The fraction of sp³-hybridized carbons (Fsp3) is 0.154. The van der Waals surface area contributed by atoms with E-state index in [1.54, 1.807) is 43.5 Å². The van der Waals surface area contributed by atoms with Crippen molar-refractivity contribution in [2.24, 2.45) is 5.73 Å². The third-order valence-corrected chi connectivity index (χ3v) is 7.38. The second-order valence-electron chi connectivity index (χ2n) is 8.29. The molecule has 5 rings (SSSR count). The number of primary amides is 1. The number of aliphatic hydroxyl groups excluding tert-OH is 1. The van der Waals surface area contributed by atoms with Crippen LogP contribution in [0, 0.1) is 0 Å². The van der Waals surface area contributed by atoms with Crippen LogP contribution in [0.5, 0.6) is 11.5 Å². The van der Waals surface area contributed by atoms with Crippen LogP contribution >= 0.6 is 34.5 Å². The van der Waals surface area contributed by atoms with E-state index >= 15 is 0 Å². The summed E-state index contributed by atoms with van der Waals surface area (Å²) in [5, 5.41) is 17.4. The number of nitrogens with one attached hydrogen (secondary N) is 1. The number of methoxy groups -OCH3 is 1. The standard InChI is InChI=1S/C26H21Cl2N5O4S/c1-36-22-8-15-19(30-12-31-26(15)32-14-3-4-17(27)18(28)7-14)9-23(22)37-10-24-33-20(11-38-24)13-2-5-21(34)16(6-13)25(29)35/h2-4,6-9,11-12,21,34H,5,10H2,1H3,(H2,29,35)(H,30,31,32). The molecule has 1 unspecified atom stereocenters. The number of thiazole rings is 1. The Morgan fingerprint density at radius 3 is 2.82 bits per heavy atom. The van der Waals surface area contributed by atoms with Crippen molar-refractivity contribution < 1.29 is 19.4 Å². The van der Waals surface area contributed by atoms with Crippen molar-refractivity contribution in [2.75, 3.05) is 12.4 Å². The summed E-state index contributed by atoms with van der Waals surface area (Å²) in [6.45, 7) is 0.189. The van der Waals surface area contributed by atoms with Gasteiger partial charge in [-0.3, -0.25) is 4.79 Å². The highest BCUT2D eigenvalue weighted by molar-refractivity contribution is 7.09. The molecule has 1 aliphatic carbocycles. The molecule has 0 aliphatic heterocycles. The first-order valence-electron chi connectivity index (χ1n) is 11.3. The Balaban J connectivity index is 1.36. The highest BCUT2D eigenvalue weighted by Crippen LogP contribution is 2.36. The van der Waals surface area contributed by atoms with E-state index in [0.717, 1.165) is 16.6 Å². The molecule has 1 aliphatic rings. The molecule has 9 nitrogen and oxygen atoms in total. The van der Waals surface area contributed by atoms with Crippen LogP contribution < -0.4 is 20.5 Å². The summed E-state index contributed by atoms with van der Waals surface area (Å²) in [6, 6.07) is 8.79. The lowest BCUT2D eigenvalue weighted by molar-refractivity contribution is -0.115. The molecule has 0 saturated carbocycles. The number of amides is 1. The van der Waals surface area contributed by atoms with Gasteiger partial charge >= 0.3 is 0 Å². The monoisotopic (exact) mass is 569 g/mol. The number of benzene rings is 2. The fourth-order valence-corrected chi connectivity index (χ4v) is 4.91. The molecule has 2 aromatic heterocycles. The number of anilines is 2. The van der Waals surface area contributed by atoms with Gasteiger partial charge in [-0.15, -0.1) is 11.3 Å². The number of carbonyl (C=O) groups excluding carboxylic acids is 1. The van der Waals surface area contributed by atoms with E-state index < -0.39 is 12.0 Å². The lowest BCUT2D eigenvalue weighted by Gasteiger charge is -2.16. The quantitative estimate of drug-likeness (QED) is 0.261. The highest BCUT2D eigenvalue weighted by atomic mass is 35.5. The summed E-state index contributed by atoms with van der Waals surface area (Å²) in [5.41, 5.74) is 8.32. The largest absolute Gasteiger partial charge is 0.493 e. The van der Waals surface area contributed by atoms with Gasteiger partial charge in [0.1, 0.15) is 23.8 Å². The van der Waals surface area contributed by atoms with Gasteiger partial charge in [-0.1, -0.05) is 29.3 Å². The van der Waals surface area contributed by atoms with E-state index in [0.29, 0.717) is 50.0 Å². The number of fused-ring (bicyclic) bond motifs is 1. The number of nitrogens with zero attached hydrogens (tertiary/aromatic N) is 3. The Morgan fingerprint density at radius 2 is 2.05 bits per heavy atom. The van der Waals surface area contributed by atoms with E-state index in [1.165, 1.54) is 17.7 Å². The molecule has 1 amide bonds. The van der Waals surface area contributed by atoms with E-state index in [9.17, 15) is 9.90 Å². The number of halogens is 2. The number of rotatable bonds is 8. The molecule has 1 atom stereocenters. The maximum atomic E-state index is 11.6. The summed E-state index contributed by atoms with van der Waals surface area (Å²) in [5.74, 6) is 0.910. The minimum Gasteiger partial charge on any atom is -0.493 e. The summed E-state index contributed by atoms with van der Waals surface area (Å²) in [4.78, 5) is 24.9. The average molecular weight is 570 g/mol. The van der Waals surface area contributed by atoms with Crippen molar-refractivity contribution in [1.82, 2.24) is 15.0 Å². The first-order chi connectivity index (χ1) is 18.3. The highest BCUT2D eigenvalue weighted by Gasteiger charge is 2.21. The molecular formula is C26H21Cl2N5O4S. The molecule has 38 heavy (non-hydrogen) atoms. The zero-order valence-electron chi connectivity index (χ0n) is 19.9. The van der Waals surface area contributed by atoms with Crippen LogP contribution in [0.15, 0.2) is 59.8 Å². The molecule has 0 radical (unpaired) electrons. The Hall–Kier alpha value is -3.70. The first-order valence-corrected chi connectivity index (χ1v) is 13.0. The van der Waals surface area contributed by atoms with Crippen LogP contribution in [0.1, 0.15) is 17.1 Å². The number of hydrogen-bond donors (Lipinski definition) is 3. The summed E-state index contributed by atoms with van der Waals surface area (Å²) >= 11 is 13.6. The molecular weight excluding hydrogens is 549 g/mol. The molecule has 0 fully saturated rings. The Kier molecular flexibility index (Phi) is 7.48. The summed E-state index contributed by atoms with van der Waals surface area (Å²) in [7, 11) is 1.55. The molecule has 4 N–H and O–H groups in total. The number of carbonyl (C=O) groups is 1. The molecule has 2 heterocycles. The minimum absolute atomic E-state index is 0.171. The Labute approximate surface area is 231 Å². The van der Waals surface area contributed by atoms with E-state index in [-0.39, 0.29) is 12.2 Å². The first kappa shape index (κ1) is 25.9. The van der Waals surface area contributed by atoms with Crippen molar-refractivity contribution in [2.45, 2.75) is 19.1 Å². The SMILES string of the molecule is COc1cc2c(Nc3ccc(Cl)c(Cl)c3)ncnc2cc1OCc1nc(C2=CCC(O)C(C(N)=O)=C2)cs1. The van der Waals surface area contributed by atoms with Gasteiger partial charge in [0.25, 0.3) is 0 Å². The fourth-order valence-electron chi connectivity index (χ4n) is 3.90. The molecule has 0 bridgehead atoms. The van der Waals surface area contributed by atoms with Gasteiger partial charge in [-0.2, -0.15) is 0 Å². The number of aliphatic hydroxyl groups is 1. The van der Waals surface area contributed by atoms with Crippen LogP contribution in [0.3, 0.4) is 0 Å². The van der Waals surface area contributed by atoms with Crippen LogP contribution in [0.2, 0.25) is 10.0 Å². The van der Waals surface area contributed by atoms with E-state index in [1.807, 2.05) is 11.5 Å². The number of aromatic nitrogens is 3. The lowest BCUT2D eigenvalue weighted by atomic mass is 9.95. The van der Waals surface area contributed by atoms with Crippen molar-refractivity contribution in [1.29, 1.82) is 0 Å². The topological polar surface area (TPSA) is 132 Å². The number of nitrogens with two attached hydrogens (primary N) is 1. The molecule has 4 aromatic rings. The van der Waals surface area contributed by atoms with Gasteiger partial charge < -0.3 is 25.6 Å². The van der Waals surface area contributed by atoms with Crippen LogP contribution in [-0.4, -0.2) is 39.2 Å². The van der Waals surface area contributed by atoms with Crippen molar-refractivity contribution in [3.05, 3.63) is 80.5 Å². The normalized spacial score (nSPS) is 15.1. The van der Waals surface area contributed by atoms with E-state index in [2.05, 4.69) is 20.3 Å². The summed E-state index contributed by atoms with van der Waals surface area (Å²) in [6.07, 6.45) is 4.25. The van der Waals surface area contributed by atoms with Crippen molar-refractivity contribution >= 4 is 68.4 Å². The predicted molar refractivity (Wildman–Crippen MR) is 148 cm³/mol. The van der Waals surface area contributed by atoms with E-state index in [4.69, 9.17) is 38.4 Å². The molecule has 2 aromatic carbocycles. The number of hydrogen-bond acceptors (Lipinski definition) is 9. The predicted octanol–water partition coefficient (Wildman–Crippen LogP) is 5.28. The third kappa shape index (κ3) is 5.44. The Morgan fingerprint density at radius 1 is 1.21 bits per heavy atom. The zero-order chi connectivity index (χ0) is 26.8. The second kappa shape index (κ2) is 11.0. The van der Waals surface area contributed by atoms with Crippen LogP contribution in [0.4, 0.5) is 11.5 Å². The zero-order valence-corrected chi connectivity index (χ0v) is 22.3. The molecule has 12 heteroatoms. The second-order valence-corrected chi connectivity index (χ2v) is 10.0. The van der Waals surface area contributed by atoms with Crippen LogP contribution in [-0.2, 0) is 11.4 Å². The molecule has 194 valence electrons. The smallest absolute Gasteiger partial charge is 0.247 e. The molecule has 0 saturated heterocycles. The van der Waals surface area contributed by atoms with Gasteiger partial charge in [0.15, 0.2) is 11.5 Å². The van der Waals surface area contributed by atoms with Gasteiger partial charge in [-0.25, -0.2) is 15.0 Å². The average Bonchev–Trinajstić information content (AvgIpc) is 3.38. The number of ether oxygens (including phenoxy) is 2. The Bertz CT molecular complexity index is 1600. The van der Waals surface area contributed by atoms with Gasteiger partial charge in [-0.05, 0) is 42.3 Å². The van der Waals surface area contributed by atoms with Gasteiger partial charge in [0, 0.05) is 28.1 Å². The van der Waals surface area contributed by atoms with Crippen LogP contribution in [0.25, 0.3) is 16.5 Å². The lowest BCUT2D eigenvalue weighted by Crippen LogP contribution is -2.25. The summed E-state index contributed by atoms with van der Waals surface area (Å²) < 4.78 is 11.6. The van der Waals surface area contributed by atoms with Crippen molar-refractivity contribution in [3.63, 3.8) is 0 Å². The van der Waals surface area contributed by atoms with Crippen molar-refractivity contribution in [3.8, 4) is 11.5 Å². The minimum atomic E-state index is -0.901. The maximum absolute atomic E-state index is 11.6. The number of allylic oxidation sites excluding steroid dienone is 2. The molecule has 0 spiro atoms. The maximum Gasteiger partial charge on any atom is 0.247 e. The third-order valence-electron chi connectivity index (χ3n) is 5.82.